The number of carbonyl (C=O) groups is 1. The Bertz CT molecular complexity index is 1070. The van der Waals surface area contributed by atoms with Crippen molar-refractivity contribution in [2.45, 2.75) is 24.9 Å². The molecule has 2 N–H and O–H groups in total. The van der Waals surface area contributed by atoms with Crippen molar-refractivity contribution >= 4 is 33.1 Å². The molecular weight excluding hydrogens is 372 g/mol. The van der Waals surface area contributed by atoms with Gasteiger partial charge in [0, 0.05) is 12.1 Å². The van der Waals surface area contributed by atoms with Crippen molar-refractivity contribution in [1.82, 2.24) is 14.5 Å². The summed E-state index contributed by atoms with van der Waals surface area (Å²) in [4.78, 5) is 13.1. The van der Waals surface area contributed by atoms with Gasteiger partial charge in [0.15, 0.2) is 0 Å². The molecule has 0 radical (unpaired) electrons. The lowest BCUT2D eigenvalue weighted by molar-refractivity contribution is 0.103. The monoisotopic (exact) mass is 388 g/mol. The molecule has 4 rings (SSSR count). The maximum absolute atomic E-state index is 12.9. The van der Waals surface area contributed by atoms with Crippen LogP contribution in [-0.2, 0) is 23.1 Å². The maximum Gasteiger partial charge on any atom is 0.266 e. The fraction of sp³-hybridized carbons (Fsp3) is 0.176. The molecule has 3 heterocycles. The molecule has 9 heteroatoms. The third kappa shape index (κ3) is 2.83. The van der Waals surface area contributed by atoms with Gasteiger partial charge < -0.3 is 5.32 Å². The average molecular weight is 388 g/mol. The number of rotatable bonds is 4. The Balaban J connectivity index is 1.58. The molecule has 1 aliphatic rings. The minimum absolute atomic E-state index is 0.169. The number of carbonyl (C=O) groups excluding carboxylic acids is 1. The van der Waals surface area contributed by atoms with Crippen LogP contribution in [0.1, 0.15) is 26.5 Å². The highest BCUT2D eigenvalue weighted by Crippen LogP contribution is 2.32. The zero-order valence-corrected chi connectivity index (χ0v) is 15.5. The van der Waals surface area contributed by atoms with Crippen molar-refractivity contribution in [2.24, 2.45) is 0 Å². The predicted octanol–water partition coefficient (Wildman–Crippen LogP) is 2.74. The van der Waals surface area contributed by atoms with Crippen molar-refractivity contribution < 1.29 is 13.2 Å². The van der Waals surface area contributed by atoms with E-state index in [1.807, 2.05) is 11.4 Å². The average Bonchev–Trinajstić information content (AvgIpc) is 3.33. The van der Waals surface area contributed by atoms with Gasteiger partial charge in [0.1, 0.15) is 5.82 Å². The van der Waals surface area contributed by atoms with Gasteiger partial charge in [-0.3, -0.25) is 9.89 Å². The molecular formula is C17H16N4O3S2. The van der Waals surface area contributed by atoms with Gasteiger partial charge >= 0.3 is 0 Å². The Kier molecular flexibility index (Phi) is 4.14. The molecule has 0 aliphatic carbocycles. The van der Waals surface area contributed by atoms with Crippen molar-refractivity contribution in [3.63, 3.8) is 0 Å². The van der Waals surface area contributed by atoms with Gasteiger partial charge in [0.2, 0.25) is 10.0 Å². The van der Waals surface area contributed by atoms with Crippen LogP contribution in [0.4, 0.5) is 5.82 Å². The summed E-state index contributed by atoms with van der Waals surface area (Å²) in [5, 5.41) is 11.6. The zero-order chi connectivity index (χ0) is 18.3. The molecule has 0 atom stereocenters. The van der Waals surface area contributed by atoms with Crippen LogP contribution in [0, 0.1) is 6.92 Å². The maximum atomic E-state index is 12.9. The van der Waals surface area contributed by atoms with Gasteiger partial charge in [0.25, 0.3) is 5.91 Å². The number of benzene rings is 1. The van der Waals surface area contributed by atoms with Crippen LogP contribution in [0.5, 0.6) is 0 Å². The van der Waals surface area contributed by atoms with Gasteiger partial charge in [-0.2, -0.15) is 9.40 Å². The number of aryl methyl sites for hydroxylation is 1. The van der Waals surface area contributed by atoms with E-state index in [4.69, 9.17) is 0 Å². The summed E-state index contributed by atoms with van der Waals surface area (Å²) >= 11 is 1.34. The van der Waals surface area contributed by atoms with Crippen LogP contribution >= 0.6 is 11.3 Å². The Hall–Kier alpha value is -2.49. The van der Waals surface area contributed by atoms with Crippen LogP contribution in [-0.4, -0.2) is 28.8 Å². The molecule has 7 nitrogen and oxygen atoms in total. The summed E-state index contributed by atoms with van der Waals surface area (Å²) in [7, 11) is -3.63. The summed E-state index contributed by atoms with van der Waals surface area (Å²) < 4.78 is 27.3. The highest BCUT2D eigenvalue weighted by Gasteiger charge is 2.35. The number of aromatic nitrogens is 2. The third-order valence-corrected chi connectivity index (χ3v) is 7.13. The molecule has 0 unspecified atom stereocenters. The molecule has 26 heavy (non-hydrogen) atoms. The molecule has 0 bridgehead atoms. The number of sulfonamides is 1. The SMILES string of the molecule is Cc1ccccc1S(=O)(=O)N1Cc2n[nH]c(NC(=O)c3cccs3)c2C1. The highest BCUT2D eigenvalue weighted by molar-refractivity contribution is 7.89. The summed E-state index contributed by atoms with van der Waals surface area (Å²) in [6, 6.07) is 10.4. The van der Waals surface area contributed by atoms with E-state index in [2.05, 4.69) is 15.5 Å². The van der Waals surface area contributed by atoms with Gasteiger partial charge in [-0.25, -0.2) is 8.42 Å². The quantitative estimate of drug-likeness (QED) is 0.718. The Labute approximate surface area is 154 Å². The third-order valence-electron chi connectivity index (χ3n) is 4.31. The second kappa shape index (κ2) is 6.35. The molecule has 1 aromatic carbocycles. The van der Waals surface area contributed by atoms with E-state index in [9.17, 15) is 13.2 Å². The van der Waals surface area contributed by atoms with E-state index in [1.54, 1.807) is 37.3 Å². The van der Waals surface area contributed by atoms with Gasteiger partial charge in [0.05, 0.1) is 22.0 Å². The number of hydrogen-bond donors (Lipinski definition) is 2. The molecule has 134 valence electrons. The van der Waals surface area contributed by atoms with Gasteiger partial charge in [-0.1, -0.05) is 24.3 Å². The topological polar surface area (TPSA) is 95.2 Å². The second-order valence-electron chi connectivity index (χ2n) is 5.99. The lowest BCUT2D eigenvalue weighted by Gasteiger charge is -2.17. The number of nitrogens with zero attached hydrogens (tertiary/aromatic N) is 2. The minimum atomic E-state index is -3.63. The number of aromatic amines is 1. The predicted molar refractivity (Wildman–Crippen MR) is 98.5 cm³/mol. The molecule has 2 aromatic heterocycles. The van der Waals surface area contributed by atoms with Crippen LogP contribution in [0.25, 0.3) is 0 Å². The second-order valence-corrected chi connectivity index (χ2v) is 8.85. The normalized spacial score (nSPS) is 14.3. The van der Waals surface area contributed by atoms with Crippen LogP contribution in [0.3, 0.4) is 0 Å². The van der Waals surface area contributed by atoms with Crippen molar-refractivity contribution in [1.29, 1.82) is 0 Å². The lowest BCUT2D eigenvalue weighted by Crippen LogP contribution is -2.27. The van der Waals surface area contributed by atoms with E-state index in [1.165, 1.54) is 15.6 Å². The molecule has 0 saturated heterocycles. The molecule has 1 aliphatic heterocycles. The Morgan fingerprint density at radius 3 is 2.77 bits per heavy atom. The summed E-state index contributed by atoms with van der Waals surface area (Å²) in [5.41, 5.74) is 2.03. The first kappa shape index (κ1) is 17.0. The Morgan fingerprint density at radius 2 is 2.04 bits per heavy atom. The Morgan fingerprint density at radius 1 is 1.23 bits per heavy atom. The van der Waals surface area contributed by atoms with E-state index in [0.29, 0.717) is 32.4 Å². The lowest BCUT2D eigenvalue weighted by atomic mass is 10.2. The fourth-order valence-corrected chi connectivity index (χ4v) is 5.16. The van der Waals surface area contributed by atoms with Crippen molar-refractivity contribution in [3.05, 3.63) is 63.5 Å². The van der Waals surface area contributed by atoms with E-state index in [0.717, 1.165) is 0 Å². The van der Waals surface area contributed by atoms with E-state index in [-0.39, 0.29) is 19.0 Å². The molecule has 0 fully saturated rings. The zero-order valence-electron chi connectivity index (χ0n) is 13.9. The minimum Gasteiger partial charge on any atom is -0.306 e. The summed E-state index contributed by atoms with van der Waals surface area (Å²) in [6.07, 6.45) is 0. The van der Waals surface area contributed by atoms with Crippen molar-refractivity contribution in [2.75, 3.05) is 5.32 Å². The van der Waals surface area contributed by atoms with Crippen LogP contribution in [0.2, 0.25) is 0 Å². The van der Waals surface area contributed by atoms with Gasteiger partial charge in [-0.15, -0.1) is 11.3 Å². The number of hydrogen-bond acceptors (Lipinski definition) is 5. The van der Waals surface area contributed by atoms with Gasteiger partial charge in [-0.05, 0) is 30.0 Å². The van der Waals surface area contributed by atoms with Crippen molar-refractivity contribution in [3.8, 4) is 0 Å². The molecule has 1 amide bonds. The fourth-order valence-electron chi connectivity index (χ4n) is 2.94. The number of thiophene rings is 1. The number of H-pyrrole nitrogens is 1. The molecule has 0 saturated carbocycles. The smallest absolute Gasteiger partial charge is 0.266 e. The standard InChI is InChI=1S/C17H16N4O3S2/c1-11-5-2-3-7-15(11)26(23,24)21-9-12-13(10-21)19-20-16(12)18-17(22)14-6-4-8-25-14/h2-8H,9-10H2,1H3,(H2,18,19,20,22). The van der Waals surface area contributed by atoms with E-state index >= 15 is 0 Å². The molecule has 0 spiro atoms. The van der Waals surface area contributed by atoms with Crippen LogP contribution < -0.4 is 5.32 Å². The largest absolute Gasteiger partial charge is 0.306 e. The molecule has 3 aromatic rings. The van der Waals surface area contributed by atoms with Crippen LogP contribution in [0.15, 0.2) is 46.7 Å². The number of fused-ring (bicyclic) bond motifs is 1. The first-order chi connectivity index (χ1) is 12.5. The summed E-state index contributed by atoms with van der Waals surface area (Å²) in [6.45, 7) is 2.12. The first-order valence-corrected chi connectivity index (χ1v) is 10.3. The number of nitrogens with one attached hydrogen (secondary N) is 2. The number of amides is 1. The summed E-state index contributed by atoms with van der Waals surface area (Å²) in [5.74, 6) is 0.201. The van der Waals surface area contributed by atoms with E-state index < -0.39 is 10.0 Å². The highest BCUT2D eigenvalue weighted by atomic mass is 32.2. The number of anilines is 1. The first-order valence-electron chi connectivity index (χ1n) is 7.93.